The minimum atomic E-state index is -0.342. The van der Waals surface area contributed by atoms with Crippen LogP contribution in [-0.4, -0.2) is 28.2 Å². The molecule has 3 aromatic carbocycles. The van der Waals surface area contributed by atoms with Crippen LogP contribution in [0.25, 0.3) is 21.7 Å². The summed E-state index contributed by atoms with van der Waals surface area (Å²) in [4.78, 5) is 16.3. The Morgan fingerprint density at radius 3 is 2.23 bits per heavy atom. The van der Waals surface area contributed by atoms with Crippen molar-refractivity contribution in [3.63, 3.8) is 0 Å². The van der Waals surface area contributed by atoms with Crippen LogP contribution >= 0.6 is 11.3 Å². The van der Waals surface area contributed by atoms with Gasteiger partial charge >= 0.3 is 0 Å². The first-order chi connectivity index (χ1) is 15.1. The molecule has 0 spiro atoms. The second-order valence-corrected chi connectivity index (χ2v) is 7.97. The number of likely N-dealkylation sites (N-methyl/N-ethyl adjacent to an activating group) is 1. The van der Waals surface area contributed by atoms with Crippen LogP contribution < -0.4 is 4.74 Å². The molecule has 6 heteroatoms. The molecule has 0 saturated heterocycles. The van der Waals surface area contributed by atoms with E-state index in [1.54, 1.807) is 11.3 Å². The van der Waals surface area contributed by atoms with E-state index in [2.05, 4.69) is 17.1 Å². The number of hydroxylamine groups is 2. The molecule has 156 valence electrons. The molecular formula is C25H22N2O3S. The van der Waals surface area contributed by atoms with Crippen molar-refractivity contribution >= 4 is 17.2 Å². The first-order valence-corrected chi connectivity index (χ1v) is 10.7. The van der Waals surface area contributed by atoms with E-state index < -0.39 is 0 Å². The number of hydrogen-bond donors (Lipinski definition) is 1. The third-order valence-corrected chi connectivity index (χ3v) is 5.76. The van der Waals surface area contributed by atoms with Gasteiger partial charge in [0.15, 0.2) is 0 Å². The Bertz CT molecular complexity index is 1140. The Balaban J connectivity index is 1.35. The van der Waals surface area contributed by atoms with Gasteiger partial charge in [-0.3, -0.25) is 10.0 Å². The van der Waals surface area contributed by atoms with Crippen LogP contribution in [0.15, 0.2) is 84.2 Å². The van der Waals surface area contributed by atoms with Gasteiger partial charge in [0.05, 0.1) is 12.1 Å². The summed E-state index contributed by atoms with van der Waals surface area (Å²) in [5.41, 5.74) is 4.98. The van der Waals surface area contributed by atoms with Crippen molar-refractivity contribution in [1.29, 1.82) is 0 Å². The highest BCUT2D eigenvalue weighted by Crippen LogP contribution is 2.26. The number of amides is 1. The summed E-state index contributed by atoms with van der Waals surface area (Å²) < 4.78 is 5.90. The smallest absolute Gasteiger partial charge is 0.250 e. The van der Waals surface area contributed by atoms with Gasteiger partial charge in [0.1, 0.15) is 17.4 Å². The molecule has 0 aliphatic rings. The van der Waals surface area contributed by atoms with Crippen LogP contribution in [0.4, 0.5) is 0 Å². The standard InChI is InChI=1S/C25H22N2O3S/c1-27(29)24(28)15-18-7-9-19(10-8-18)20-11-13-23(14-12-20)30-16-22-17-31-25(26-22)21-5-3-2-4-6-21/h2-14,17,29H,15-16H2,1H3. The first-order valence-electron chi connectivity index (χ1n) is 9.86. The van der Waals surface area contributed by atoms with Crippen molar-refractivity contribution in [2.75, 3.05) is 7.05 Å². The molecule has 0 unspecified atom stereocenters. The topological polar surface area (TPSA) is 62.7 Å². The molecule has 1 N–H and O–H groups in total. The summed E-state index contributed by atoms with van der Waals surface area (Å²) in [6.45, 7) is 0.421. The lowest BCUT2D eigenvalue weighted by molar-refractivity contribution is -0.158. The van der Waals surface area contributed by atoms with E-state index in [4.69, 9.17) is 4.74 Å². The van der Waals surface area contributed by atoms with Crippen LogP contribution in [-0.2, 0) is 17.8 Å². The first kappa shape index (κ1) is 20.8. The normalized spacial score (nSPS) is 10.6. The molecule has 1 aromatic heterocycles. The summed E-state index contributed by atoms with van der Waals surface area (Å²) in [6.07, 6.45) is 0.169. The highest BCUT2D eigenvalue weighted by Gasteiger charge is 2.08. The molecule has 0 aliphatic heterocycles. The van der Waals surface area contributed by atoms with Crippen LogP contribution in [0.2, 0.25) is 0 Å². The predicted octanol–water partition coefficient (Wildman–Crippen LogP) is 5.45. The quantitative estimate of drug-likeness (QED) is 0.313. The van der Waals surface area contributed by atoms with E-state index in [0.717, 1.165) is 38.7 Å². The maximum atomic E-state index is 11.6. The zero-order valence-corrected chi connectivity index (χ0v) is 17.9. The van der Waals surface area contributed by atoms with Crippen LogP contribution in [0.1, 0.15) is 11.3 Å². The number of thiazole rings is 1. The Hall–Kier alpha value is -3.48. The van der Waals surface area contributed by atoms with Gasteiger partial charge in [-0.05, 0) is 28.8 Å². The van der Waals surface area contributed by atoms with Gasteiger partial charge in [-0.15, -0.1) is 11.3 Å². The molecular weight excluding hydrogens is 408 g/mol. The van der Waals surface area contributed by atoms with Gasteiger partial charge in [0, 0.05) is 18.0 Å². The lowest BCUT2D eigenvalue weighted by atomic mass is 10.0. The molecule has 0 saturated carbocycles. The number of carbonyl (C=O) groups excluding carboxylic acids is 1. The molecule has 0 bridgehead atoms. The van der Waals surface area contributed by atoms with Gasteiger partial charge in [-0.25, -0.2) is 10.0 Å². The van der Waals surface area contributed by atoms with Gasteiger partial charge in [-0.2, -0.15) is 0 Å². The van der Waals surface area contributed by atoms with Crippen LogP contribution in [0.5, 0.6) is 5.75 Å². The lowest BCUT2D eigenvalue weighted by Crippen LogP contribution is -2.24. The van der Waals surface area contributed by atoms with Gasteiger partial charge in [-0.1, -0.05) is 66.7 Å². The Morgan fingerprint density at radius 2 is 1.58 bits per heavy atom. The molecule has 31 heavy (non-hydrogen) atoms. The Labute approximate surface area is 185 Å². The zero-order chi connectivity index (χ0) is 21.6. The van der Waals surface area contributed by atoms with Crippen molar-refractivity contribution in [2.24, 2.45) is 0 Å². The van der Waals surface area contributed by atoms with Crippen molar-refractivity contribution in [2.45, 2.75) is 13.0 Å². The molecule has 0 fully saturated rings. The second kappa shape index (κ2) is 9.55. The lowest BCUT2D eigenvalue weighted by Gasteiger charge is -2.09. The highest BCUT2D eigenvalue weighted by molar-refractivity contribution is 7.13. The second-order valence-electron chi connectivity index (χ2n) is 7.11. The molecule has 1 heterocycles. The Kier molecular flexibility index (Phi) is 6.40. The maximum absolute atomic E-state index is 11.6. The van der Waals surface area contributed by atoms with Crippen LogP contribution in [0.3, 0.4) is 0 Å². The van der Waals surface area contributed by atoms with Crippen molar-refractivity contribution < 1.29 is 14.7 Å². The number of ether oxygens (including phenoxy) is 1. The van der Waals surface area contributed by atoms with E-state index in [0.29, 0.717) is 11.7 Å². The third-order valence-electron chi connectivity index (χ3n) is 4.82. The van der Waals surface area contributed by atoms with Gasteiger partial charge < -0.3 is 4.74 Å². The Morgan fingerprint density at radius 1 is 0.935 bits per heavy atom. The highest BCUT2D eigenvalue weighted by atomic mass is 32.1. The molecule has 4 rings (SSSR count). The SMILES string of the molecule is CN(O)C(=O)Cc1ccc(-c2ccc(OCc3csc(-c4ccccc4)n3)cc2)cc1. The summed E-state index contributed by atoms with van der Waals surface area (Å²) in [7, 11) is 1.33. The third kappa shape index (κ3) is 5.36. The number of benzene rings is 3. The van der Waals surface area contributed by atoms with Gasteiger partial charge in [0.2, 0.25) is 5.91 Å². The summed E-state index contributed by atoms with van der Waals surface area (Å²) in [5.74, 6) is 0.441. The number of hydrogen-bond acceptors (Lipinski definition) is 5. The number of rotatable bonds is 7. The molecule has 5 nitrogen and oxygen atoms in total. The van der Waals surface area contributed by atoms with E-state index >= 15 is 0 Å². The van der Waals surface area contributed by atoms with E-state index in [-0.39, 0.29) is 12.3 Å². The number of aromatic nitrogens is 1. The molecule has 0 radical (unpaired) electrons. The average molecular weight is 431 g/mol. The van der Waals surface area contributed by atoms with Gasteiger partial charge in [0.25, 0.3) is 0 Å². The van der Waals surface area contributed by atoms with Crippen molar-refractivity contribution in [3.05, 3.63) is 95.5 Å². The largest absolute Gasteiger partial charge is 0.487 e. The van der Waals surface area contributed by atoms with E-state index in [1.165, 1.54) is 7.05 Å². The summed E-state index contributed by atoms with van der Waals surface area (Å²) in [6, 6.07) is 25.8. The maximum Gasteiger partial charge on any atom is 0.250 e. The number of carbonyl (C=O) groups is 1. The summed E-state index contributed by atoms with van der Waals surface area (Å²) >= 11 is 1.61. The fraction of sp³-hybridized carbons (Fsp3) is 0.120. The van der Waals surface area contributed by atoms with Crippen molar-refractivity contribution in [3.8, 4) is 27.4 Å². The molecule has 0 aliphatic carbocycles. The van der Waals surface area contributed by atoms with Crippen LogP contribution in [0, 0.1) is 0 Å². The number of nitrogens with zero attached hydrogens (tertiary/aromatic N) is 2. The molecule has 1 amide bonds. The monoisotopic (exact) mass is 430 g/mol. The minimum absolute atomic E-state index is 0.169. The molecule has 4 aromatic rings. The van der Waals surface area contributed by atoms with E-state index in [1.807, 2.05) is 72.1 Å². The zero-order valence-electron chi connectivity index (χ0n) is 17.1. The van der Waals surface area contributed by atoms with E-state index in [9.17, 15) is 10.0 Å². The fourth-order valence-electron chi connectivity index (χ4n) is 3.09. The fourth-order valence-corrected chi connectivity index (χ4v) is 3.90. The predicted molar refractivity (Wildman–Crippen MR) is 122 cm³/mol. The minimum Gasteiger partial charge on any atom is -0.487 e. The average Bonchev–Trinajstić information content (AvgIpc) is 3.28. The van der Waals surface area contributed by atoms with Crippen molar-refractivity contribution in [1.82, 2.24) is 10.0 Å². The molecule has 0 atom stereocenters. The summed E-state index contributed by atoms with van der Waals surface area (Å²) in [5, 5.41) is 12.8.